The Morgan fingerprint density at radius 3 is 2.48 bits per heavy atom. The van der Waals surface area contributed by atoms with Gasteiger partial charge in [0.25, 0.3) is 0 Å². The predicted molar refractivity (Wildman–Crippen MR) is 143 cm³/mol. The number of nitrogens with one attached hydrogen (secondary N) is 2. The second-order valence-corrected chi connectivity index (χ2v) is 8.52. The molecule has 33 heavy (non-hydrogen) atoms. The zero-order valence-electron chi connectivity index (χ0n) is 19.5. The number of halogens is 1. The van der Waals surface area contributed by atoms with Crippen LogP contribution in [-0.2, 0) is 11.3 Å². The van der Waals surface area contributed by atoms with E-state index < -0.39 is 0 Å². The number of rotatable bonds is 8. The first-order valence-electron chi connectivity index (χ1n) is 11.9. The fourth-order valence-corrected chi connectivity index (χ4v) is 4.53. The Balaban J connectivity index is 0.00000306. The molecule has 1 amide bonds. The lowest BCUT2D eigenvalue weighted by molar-refractivity contribution is -0.117. The monoisotopic (exact) mass is 565 g/mol. The first kappa shape index (κ1) is 25.6. The molecule has 180 valence electrons. The molecule has 2 aromatic rings. The number of piperidine rings is 1. The summed E-state index contributed by atoms with van der Waals surface area (Å²) in [5.41, 5.74) is 2.10. The van der Waals surface area contributed by atoms with Crippen LogP contribution in [0.25, 0.3) is 0 Å². The molecule has 0 saturated carbocycles. The Bertz CT molecular complexity index is 879. The van der Waals surface area contributed by atoms with Crippen molar-refractivity contribution < 1.29 is 9.21 Å². The van der Waals surface area contributed by atoms with E-state index in [0.29, 0.717) is 13.0 Å². The van der Waals surface area contributed by atoms with Gasteiger partial charge in [-0.05, 0) is 69.1 Å². The number of guanidine groups is 1. The number of amides is 1. The van der Waals surface area contributed by atoms with Crippen molar-refractivity contribution in [1.82, 2.24) is 15.5 Å². The molecule has 2 fully saturated rings. The largest absolute Gasteiger partial charge is 0.468 e. The highest BCUT2D eigenvalue weighted by molar-refractivity contribution is 14.0. The molecule has 1 aromatic heterocycles. The zero-order chi connectivity index (χ0) is 22.2. The molecular formula is C25H36IN5O2. The van der Waals surface area contributed by atoms with Crippen LogP contribution in [0.3, 0.4) is 0 Å². The second kappa shape index (κ2) is 13.0. The van der Waals surface area contributed by atoms with Crippen LogP contribution in [0.1, 0.15) is 56.4 Å². The molecule has 1 unspecified atom stereocenters. The van der Waals surface area contributed by atoms with E-state index in [1.54, 1.807) is 6.26 Å². The zero-order valence-corrected chi connectivity index (χ0v) is 21.8. The Morgan fingerprint density at radius 1 is 1.06 bits per heavy atom. The lowest BCUT2D eigenvalue weighted by Crippen LogP contribution is -2.44. The van der Waals surface area contributed by atoms with E-state index in [1.807, 2.05) is 23.1 Å². The van der Waals surface area contributed by atoms with Crippen LogP contribution in [-0.4, -0.2) is 49.5 Å². The summed E-state index contributed by atoms with van der Waals surface area (Å²) in [7, 11) is 0. The molecule has 8 heteroatoms. The van der Waals surface area contributed by atoms with Crippen molar-refractivity contribution >= 4 is 41.5 Å². The van der Waals surface area contributed by atoms with Gasteiger partial charge in [-0.15, -0.1) is 24.0 Å². The number of aliphatic imine (C=N–C) groups is 1. The summed E-state index contributed by atoms with van der Waals surface area (Å²) in [5, 5.41) is 6.88. The molecule has 3 heterocycles. The average molecular weight is 566 g/mol. The maximum absolute atomic E-state index is 12.0. The van der Waals surface area contributed by atoms with Crippen LogP contribution in [0.4, 0.5) is 5.69 Å². The molecule has 7 nitrogen and oxygen atoms in total. The van der Waals surface area contributed by atoms with Gasteiger partial charge in [0.15, 0.2) is 5.96 Å². The number of nitrogens with zero attached hydrogens (tertiary/aromatic N) is 3. The van der Waals surface area contributed by atoms with E-state index in [1.165, 1.54) is 19.3 Å². The number of anilines is 1. The predicted octanol–water partition coefficient (Wildman–Crippen LogP) is 4.31. The summed E-state index contributed by atoms with van der Waals surface area (Å²) in [5.74, 6) is 2.02. The molecule has 0 bridgehead atoms. The van der Waals surface area contributed by atoms with Crippen molar-refractivity contribution in [2.24, 2.45) is 4.99 Å². The van der Waals surface area contributed by atoms with Crippen LogP contribution in [0, 0.1) is 0 Å². The fraction of sp³-hybridized carbons (Fsp3) is 0.520. The van der Waals surface area contributed by atoms with Gasteiger partial charge in [-0.2, -0.15) is 0 Å². The lowest BCUT2D eigenvalue weighted by Gasteiger charge is -2.33. The molecule has 0 spiro atoms. The highest BCUT2D eigenvalue weighted by Gasteiger charge is 2.24. The summed E-state index contributed by atoms with van der Waals surface area (Å²) >= 11 is 0. The first-order chi connectivity index (χ1) is 15.7. The molecule has 4 rings (SSSR count). The van der Waals surface area contributed by atoms with Crippen molar-refractivity contribution in [3.05, 3.63) is 54.0 Å². The third-order valence-corrected chi connectivity index (χ3v) is 6.25. The Hall–Kier alpha value is -2.07. The van der Waals surface area contributed by atoms with Gasteiger partial charge in [-0.1, -0.05) is 18.6 Å². The van der Waals surface area contributed by atoms with Gasteiger partial charge in [-0.3, -0.25) is 9.69 Å². The van der Waals surface area contributed by atoms with Gasteiger partial charge >= 0.3 is 0 Å². The number of benzene rings is 1. The Labute approximate surface area is 214 Å². The normalized spacial score (nSPS) is 18.2. The van der Waals surface area contributed by atoms with E-state index >= 15 is 0 Å². The molecule has 0 radical (unpaired) electrons. The minimum atomic E-state index is 0. The topological polar surface area (TPSA) is 73.1 Å². The maximum atomic E-state index is 12.0. The molecule has 0 aliphatic carbocycles. The van der Waals surface area contributed by atoms with Crippen LogP contribution in [0.15, 0.2) is 52.1 Å². The molecule has 2 N–H and O–H groups in total. The van der Waals surface area contributed by atoms with E-state index in [-0.39, 0.29) is 35.9 Å². The quantitative estimate of drug-likeness (QED) is 0.284. The average Bonchev–Trinajstić information content (AvgIpc) is 3.51. The molecule has 1 atom stereocenters. The molecule has 2 aliphatic rings. The fourth-order valence-electron chi connectivity index (χ4n) is 4.53. The minimum absolute atomic E-state index is 0. The number of hydrogen-bond donors (Lipinski definition) is 2. The number of hydrogen-bond acceptors (Lipinski definition) is 4. The standard InChI is InChI=1S/C25H35N5O2.HI/c1-2-26-25(27-18-20-10-12-21(13-11-20)30-16-6-9-24(30)31)28-19-22(23-8-7-17-32-23)29-14-4-3-5-15-29;/h7-8,10-13,17,22H,2-6,9,14-16,18-19H2,1H3,(H2,26,27,28);1H. The van der Waals surface area contributed by atoms with Crippen molar-refractivity contribution in [3.8, 4) is 0 Å². The van der Waals surface area contributed by atoms with E-state index in [2.05, 4.69) is 40.7 Å². The SMILES string of the molecule is CCNC(=NCc1ccc(N2CCCC2=O)cc1)NCC(c1ccco1)N1CCCCC1.I. The van der Waals surface area contributed by atoms with Crippen LogP contribution < -0.4 is 15.5 Å². The van der Waals surface area contributed by atoms with E-state index in [4.69, 9.17) is 9.41 Å². The lowest BCUT2D eigenvalue weighted by atomic mass is 10.1. The molecule has 1 aromatic carbocycles. The Morgan fingerprint density at radius 2 is 1.85 bits per heavy atom. The van der Waals surface area contributed by atoms with Crippen molar-refractivity contribution in [3.63, 3.8) is 0 Å². The van der Waals surface area contributed by atoms with Gasteiger partial charge in [0.2, 0.25) is 5.91 Å². The third kappa shape index (κ3) is 6.96. The van der Waals surface area contributed by atoms with Crippen LogP contribution in [0.5, 0.6) is 0 Å². The van der Waals surface area contributed by atoms with Gasteiger partial charge in [0.1, 0.15) is 5.76 Å². The van der Waals surface area contributed by atoms with E-state index in [9.17, 15) is 4.79 Å². The van der Waals surface area contributed by atoms with Crippen molar-refractivity contribution in [1.29, 1.82) is 0 Å². The molecule has 2 saturated heterocycles. The molecule has 2 aliphatic heterocycles. The Kier molecular flexibility index (Phi) is 10.1. The van der Waals surface area contributed by atoms with Crippen molar-refractivity contribution in [2.75, 3.05) is 37.6 Å². The van der Waals surface area contributed by atoms with Crippen LogP contribution >= 0.6 is 24.0 Å². The summed E-state index contributed by atoms with van der Waals surface area (Å²) < 4.78 is 5.76. The maximum Gasteiger partial charge on any atom is 0.227 e. The highest BCUT2D eigenvalue weighted by Crippen LogP contribution is 2.25. The second-order valence-electron chi connectivity index (χ2n) is 8.52. The third-order valence-electron chi connectivity index (χ3n) is 6.25. The summed E-state index contributed by atoms with van der Waals surface area (Å²) in [6.45, 7) is 7.23. The summed E-state index contributed by atoms with van der Waals surface area (Å²) in [6, 6.07) is 12.4. The van der Waals surface area contributed by atoms with Crippen molar-refractivity contribution in [2.45, 2.75) is 51.6 Å². The number of furan rings is 1. The first-order valence-corrected chi connectivity index (χ1v) is 11.9. The smallest absolute Gasteiger partial charge is 0.227 e. The van der Waals surface area contributed by atoms with Gasteiger partial charge < -0.3 is 20.0 Å². The number of carbonyl (C=O) groups excluding carboxylic acids is 1. The number of likely N-dealkylation sites (tertiary alicyclic amines) is 1. The van der Waals surface area contributed by atoms with Gasteiger partial charge in [0, 0.05) is 31.7 Å². The summed E-state index contributed by atoms with van der Waals surface area (Å²) in [6.07, 6.45) is 7.14. The minimum Gasteiger partial charge on any atom is -0.468 e. The van der Waals surface area contributed by atoms with Crippen LogP contribution in [0.2, 0.25) is 0 Å². The van der Waals surface area contributed by atoms with E-state index in [0.717, 1.165) is 62.1 Å². The molecular weight excluding hydrogens is 529 g/mol. The summed E-state index contributed by atoms with van der Waals surface area (Å²) in [4.78, 5) is 21.1. The van der Waals surface area contributed by atoms with Gasteiger partial charge in [-0.25, -0.2) is 4.99 Å². The number of carbonyl (C=O) groups is 1. The van der Waals surface area contributed by atoms with Gasteiger partial charge in [0.05, 0.1) is 18.8 Å². The highest BCUT2D eigenvalue weighted by atomic mass is 127.